The van der Waals surface area contributed by atoms with E-state index in [1.165, 1.54) is 11.6 Å². The fraction of sp³-hybridized carbons (Fsp3) is 0.250. The molecule has 184 valence electrons. The van der Waals surface area contributed by atoms with Crippen LogP contribution in [-0.2, 0) is 15.0 Å². The van der Waals surface area contributed by atoms with Crippen LogP contribution in [-0.4, -0.2) is 29.2 Å². The summed E-state index contributed by atoms with van der Waals surface area (Å²) in [6.45, 7) is 10.5. The van der Waals surface area contributed by atoms with Crippen LogP contribution in [0.3, 0.4) is 0 Å². The van der Waals surface area contributed by atoms with Gasteiger partial charge < -0.3 is 14.0 Å². The Bertz CT molecular complexity index is 1440. The minimum atomic E-state index is -0.814. The average molecular weight is 486 g/mol. The number of anilines is 1. The highest BCUT2D eigenvalue weighted by atomic mass is 16.7. The molecular formula is C28H27N3O5. The van der Waals surface area contributed by atoms with Crippen LogP contribution >= 0.6 is 0 Å². The number of barbiturate groups is 1. The van der Waals surface area contributed by atoms with Gasteiger partial charge in [0.05, 0.1) is 5.69 Å². The number of benzene rings is 2. The summed E-state index contributed by atoms with van der Waals surface area (Å²) in [5.41, 5.74) is 4.95. The number of urea groups is 1. The van der Waals surface area contributed by atoms with Gasteiger partial charge in [-0.3, -0.25) is 14.9 Å². The van der Waals surface area contributed by atoms with Crippen LogP contribution in [0.4, 0.5) is 10.5 Å². The van der Waals surface area contributed by atoms with Crippen molar-refractivity contribution in [1.82, 2.24) is 9.88 Å². The molecular weight excluding hydrogens is 458 g/mol. The maximum absolute atomic E-state index is 13.4. The first kappa shape index (κ1) is 23.4. The summed E-state index contributed by atoms with van der Waals surface area (Å²) in [5.74, 6) is -0.488. The lowest BCUT2D eigenvalue weighted by molar-refractivity contribution is -0.122. The normalized spacial score (nSPS) is 16.6. The number of aromatic nitrogens is 1. The Morgan fingerprint density at radius 2 is 1.56 bits per heavy atom. The van der Waals surface area contributed by atoms with Gasteiger partial charge in [0.1, 0.15) is 5.57 Å². The van der Waals surface area contributed by atoms with Crippen molar-refractivity contribution in [3.8, 4) is 17.2 Å². The van der Waals surface area contributed by atoms with E-state index in [2.05, 4.69) is 54.9 Å². The lowest BCUT2D eigenvalue weighted by Crippen LogP contribution is -2.54. The Labute approximate surface area is 209 Å². The van der Waals surface area contributed by atoms with E-state index >= 15 is 0 Å². The molecule has 0 saturated carbocycles. The highest BCUT2D eigenvalue weighted by molar-refractivity contribution is 6.39. The van der Waals surface area contributed by atoms with Gasteiger partial charge in [-0.25, -0.2) is 9.69 Å². The molecule has 0 spiro atoms. The van der Waals surface area contributed by atoms with E-state index in [4.69, 9.17) is 9.47 Å². The summed E-state index contributed by atoms with van der Waals surface area (Å²) in [6.07, 6.45) is 1.53. The molecule has 5 rings (SSSR count). The molecule has 3 heterocycles. The van der Waals surface area contributed by atoms with Gasteiger partial charge in [-0.15, -0.1) is 0 Å². The van der Waals surface area contributed by atoms with Crippen molar-refractivity contribution in [2.24, 2.45) is 0 Å². The van der Waals surface area contributed by atoms with Crippen molar-refractivity contribution in [3.63, 3.8) is 0 Å². The molecule has 2 aromatic carbocycles. The molecule has 0 bridgehead atoms. The number of carbonyl (C=O) groups excluding carboxylic acids is 3. The maximum atomic E-state index is 13.4. The summed E-state index contributed by atoms with van der Waals surface area (Å²) in [4.78, 5) is 39.6. The lowest BCUT2D eigenvalue weighted by Gasteiger charge is -2.26. The second-order valence-electron chi connectivity index (χ2n) is 9.95. The van der Waals surface area contributed by atoms with Crippen molar-refractivity contribution in [2.75, 3.05) is 11.7 Å². The lowest BCUT2D eigenvalue weighted by atomic mass is 9.87. The number of aryl methyl sites for hydroxylation is 1. The molecule has 1 aromatic heterocycles. The van der Waals surface area contributed by atoms with Gasteiger partial charge in [0.15, 0.2) is 11.5 Å². The molecule has 8 heteroatoms. The summed E-state index contributed by atoms with van der Waals surface area (Å²) in [5, 5.41) is 2.27. The second kappa shape index (κ2) is 8.41. The van der Waals surface area contributed by atoms with Gasteiger partial charge in [-0.2, -0.15) is 0 Å². The highest BCUT2D eigenvalue weighted by Crippen LogP contribution is 2.36. The first-order chi connectivity index (χ1) is 17.0. The molecule has 0 aliphatic carbocycles. The van der Waals surface area contributed by atoms with Gasteiger partial charge in [0.2, 0.25) is 6.79 Å². The summed E-state index contributed by atoms with van der Waals surface area (Å²) in [7, 11) is 0. The minimum absolute atomic E-state index is 0.0465. The maximum Gasteiger partial charge on any atom is 0.335 e. The molecule has 0 unspecified atom stereocenters. The number of carbonyl (C=O) groups is 3. The van der Waals surface area contributed by atoms with E-state index < -0.39 is 17.8 Å². The second-order valence-corrected chi connectivity index (χ2v) is 9.95. The number of hydrogen-bond acceptors (Lipinski definition) is 5. The molecule has 4 amide bonds. The number of ether oxygens (including phenoxy) is 2. The Morgan fingerprint density at radius 3 is 2.25 bits per heavy atom. The van der Waals surface area contributed by atoms with E-state index in [9.17, 15) is 14.4 Å². The Kier molecular flexibility index (Phi) is 5.47. The van der Waals surface area contributed by atoms with Gasteiger partial charge in [0.25, 0.3) is 11.8 Å². The van der Waals surface area contributed by atoms with Crippen LogP contribution in [0.5, 0.6) is 11.5 Å². The van der Waals surface area contributed by atoms with E-state index in [1.807, 2.05) is 19.9 Å². The number of hydrogen-bond donors (Lipinski definition) is 1. The smallest absolute Gasteiger partial charge is 0.335 e. The quantitative estimate of drug-likeness (QED) is 0.426. The first-order valence-corrected chi connectivity index (χ1v) is 11.7. The van der Waals surface area contributed by atoms with Gasteiger partial charge >= 0.3 is 6.03 Å². The molecule has 2 aliphatic heterocycles. The largest absolute Gasteiger partial charge is 0.454 e. The predicted molar refractivity (Wildman–Crippen MR) is 136 cm³/mol. The van der Waals surface area contributed by atoms with Gasteiger partial charge in [-0.05, 0) is 66.8 Å². The fourth-order valence-electron chi connectivity index (χ4n) is 4.51. The number of nitrogens with one attached hydrogen (secondary N) is 1. The molecule has 0 atom stereocenters. The van der Waals surface area contributed by atoms with Crippen molar-refractivity contribution in [3.05, 3.63) is 76.6 Å². The third kappa shape index (κ3) is 3.94. The summed E-state index contributed by atoms with van der Waals surface area (Å²) >= 11 is 0. The third-order valence-corrected chi connectivity index (χ3v) is 6.48. The fourth-order valence-corrected chi connectivity index (χ4v) is 4.51. The number of imide groups is 2. The summed E-state index contributed by atoms with van der Waals surface area (Å²) < 4.78 is 12.7. The zero-order valence-corrected chi connectivity index (χ0v) is 20.8. The Balaban J connectivity index is 1.50. The van der Waals surface area contributed by atoms with E-state index in [-0.39, 0.29) is 23.5 Å². The number of nitrogens with zero attached hydrogens (tertiary/aromatic N) is 2. The minimum Gasteiger partial charge on any atom is -0.454 e. The van der Waals surface area contributed by atoms with Crippen LogP contribution in [0.2, 0.25) is 0 Å². The van der Waals surface area contributed by atoms with Crippen molar-refractivity contribution < 1.29 is 23.9 Å². The average Bonchev–Trinajstić information content (AvgIpc) is 3.39. The number of rotatable bonds is 3. The highest BCUT2D eigenvalue weighted by Gasteiger charge is 2.37. The topological polar surface area (TPSA) is 89.9 Å². The van der Waals surface area contributed by atoms with Crippen LogP contribution in [0, 0.1) is 13.8 Å². The predicted octanol–water partition coefficient (Wildman–Crippen LogP) is 4.79. The van der Waals surface area contributed by atoms with Crippen LogP contribution < -0.4 is 19.7 Å². The number of amides is 4. The standard InChI is InChI=1S/C28H27N3O5/c1-16-12-18(17(2)30(16)20-8-6-19(7-9-20)28(3,4)5)13-22-25(32)29-27(34)31(26(22)33)21-10-11-23-24(14-21)36-15-35-23/h6-14H,15H2,1-5H3,(H,29,32,34)/b22-13+. The first-order valence-electron chi connectivity index (χ1n) is 11.7. The van der Waals surface area contributed by atoms with Crippen LogP contribution in [0.1, 0.15) is 43.3 Å². The van der Waals surface area contributed by atoms with Gasteiger partial charge in [0, 0.05) is 23.1 Å². The van der Waals surface area contributed by atoms with Crippen molar-refractivity contribution in [1.29, 1.82) is 0 Å². The SMILES string of the molecule is Cc1cc(/C=C2\C(=O)NC(=O)N(c3ccc4c(c3)OCO4)C2=O)c(C)n1-c1ccc(C(C)(C)C)cc1. The zero-order valence-electron chi connectivity index (χ0n) is 20.8. The molecule has 1 saturated heterocycles. The number of fused-ring (bicyclic) bond motifs is 1. The molecule has 0 radical (unpaired) electrons. The van der Waals surface area contributed by atoms with E-state index in [0.29, 0.717) is 17.1 Å². The Hall–Kier alpha value is -4.33. The van der Waals surface area contributed by atoms with E-state index in [1.54, 1.807) is 18.2 Å². The molecule has 1 N–H and O–H groups in total. The van der Waals surface area contributed by atoms with Crippen LogP contribution in [0.25, 0.3) is 11.8 Å². The van der Waals surface area contributed by atoms with Crippen LogP contribution in [0.15, 0.2) is 54.1 Å². The third-order valence-electron chi connectivity index (χ3n) is 6.48. The molecule has 2 aliphatic rings. The van der Waals surface area contributed by atoms with E-state index in [0.717, 1.165) is 22.0 Å². The molecule has 1 fully saturated rings. The molecule has 3 aromatic rings. The molecule has 36 heavy (non-hydrogen) atoms. The van der Waals surface area contributed by atoms with Crippen molar-refractivity contribution >= 4 is 29.6 Å². The zero-order chi connectivity index (χ0) is 25.8. The molecule has 8 nitrogen and oxygen atoms in total. The Morgan fingerprint density at radius 1 is 0.889 bits per heavy atom. The monoisotopic (exact) mass is 485 g/mol. The van der Waals surface area contributed by atoms with Crippen molar-refractivity contribution in [2.45, 2.75) is 40.0 Å². The summed E-state index contributed by atoms with van der Waals surface area (Å²) in [6, 6.07) is 14.2. The van der Waals surface area contributed by atoms with Gasteiger partial charge in [-0.1, -0.05) is 32.9 Å².